The van der Waals surface area contributed by atoms with Crippen LogP contribution in [0.1, 0.15) is 34.1 Å². The highest BCUT2D eigenvalue weighted by Crippen LogP contribution is 2.15. The second kappa shape index (κ2) is 7.18. The summed E-state index contributed by atoms with van der Waals surface area (Å²) in [5.41, 5.74) is 1.26. The molecule has 0 heterocycles. The molecule has 0 radical (unpaired) electrons. The third kappa shape index (κ3) is 4.26. The largest absolute Gasteiger partial charge is 0.485 e. The van der Waals surface area contributed by atoms with Gasteiger partial charge in [-0.2, -0.15) is 0 Å². The Labute approximate surface area is 132 Å². The Hall–Kier alpha value is -1.94. The third-order valence-electron chi connectivity index (χ3n) is 3.03. The fraction of sp³-hybridized carbons (Fsp3) is 0.176. The number of Topliss-reactive ketones (excluding diaryl/α,β-unsaturated/α-hetero) is 2. The minimum absolute atomic E-state index is 0.0251. The molecule has 3 nitrogen and oxygen atoms in total. The van der Waals surface area contributed by atoms with E-state index in [0.29, 0.717) is 23.3 Å². The Balaban J connectivity index is 1.95. The molecule has 0 saturated heterocycles. The van der Waals surface area contributed by atoms with Gasteiger partial charge in [-0.1, -0.05) is 35.0 Å². The lowest BCUT2D eigenvalue weighted by Gasteiger charge is -2.06. The van der Waals surface area contributed by atoms with E-state index in [9.17, 15) is 9.59 Å². The van der Waals surface area contributed by atoms with Crippen LogP contribution in [-0.2, 0) is 0 Å². The van der Waals surface area contributed by atoms with Gasteiger partial charge in [0.2, 0.25) is 0 Å². The first-order valence-corrected chi connectivity index (χ1v) is 7.44. The molecule has 0 fully saturated rings. The predicted octanol–water partition coefficient (Wildman–Crippen LogP) is 4.30. The summed E-state index contributed by atoms with van der Waals surface area (Å²) in [5, 5.41) is 0. The topological polar surface area (TPSA) is 43.4 Å². The second-order valence-electron chi connectivity index (χ2n) is 4.52. The summed E-state index contributed by atoms with van der Waals surface area (Å²) in [6, 6.07) is 14.0. The van der Waals surface area contributed by atoms with Crippen LogP contribution in [0.25, 0.3) is 0 Å². The molecular weight excluding hydrogens is 332 g/mol. The molecule has 2 rings (SSSR count). The van der Waals surface area contributed by atoms with E-state index < -0.39 is 0 Å². The Morgan fingerprint density at radius 1 is 0.905 bits per heavy atom. The van der Waals surface area contributed by atoms with Gasteiger partial charge < -0.3 is 4.74 Å². The van der Waals surface area contributed by atoms with Crippen molar-refractivity contribution < 1.29 is 14.3 Å². The number of benzene rings is 2. The van der Waals surface area contributed by atoms with E-state index in [1.54, 1.807) is 36.4 Å². The van der Waals surface area contributed by atoms with Crippen LogP contribution in [0, 0.1) is 0 Å². The lowest BCUT2D eigenvalue weighted by Crippen LogP contribution is -2.11. The molecular formula is C17H15BrO3. The van der Waals surface area contributed by atoms with Crippen molar-refractivity contribution >= 4 is 27.5 Å². The zero-order chi connectivity index (χ0) is 15.2. The molecule has 2 aromatic rings. The van der Waals surface area contributed by atoms with Crippen molar-refractivity contribution in [2.24, 2.45) is 0 Å². The summed E-state index contributed by atoms with van der Waals surface area (Å²) in [7, 11) is 0. The molecule has 0 aromatic heterocycles. The fourth-order valence-electron chi connectivity index (χ4n) is 1.81. The van der Waals surface area contributed by atoms with Gasteiger partial charge in [0.15, 0.2) is 18.2 Å². The van der Waals surface area contributed by atoms with Crippen molar-refractivity contribution in [2.45, 2.75) is 13.3 Å². The fourth-order valence-corrected chi connectivity index (χ4v) is 2.07. The van der Waals surface area contributed by atoms with E-state index in [-0.39, 0.29) is 18.2 Å². The van der Waals surface area contributed by atoms with Gasteiger partial charge in [0, 0.05) is 22.0 Å². The van der Waals surface area contributed by atoms with E-state index in [4.69, 9.17) is 4.74 Å². The molecule has 0 aliphatic carbocycles. The zero-order valence-electron chi connectivity index (χ0n) is 11.6. The van der Waals surface area contributed by atoms with Crippen LogP contribution < -0.4 is 4.74 Å². The summed E-state index contributed by atoms with van der Waals surface area (Å²) in [5.74, 6) is 0.580. The summed E-state index contributed by atoms with van der Waals surface area (Å²) in [4.78, 5) is 23.5. The number of ketones is 2. The Morgan fingerprint density at radius 2 is 1.43 bits per heavy atom. The molecule has 0 amide bonds. The van der Waals surface area contributed by atoms with E-state index >= 15 is 0 Å². The molecule has 0 aliphatic heterocycles. The monoisotopic (exact) mass is 346 g/mol. The van der Waals surface area contributed by atoms with Crippen LogP contribution in [0.2, 0.25) is 0 Å². The standard InChI is InChI=1S/C17H15BrO3/c1-2-16(19)12-5-9-15(10-6-12)21-11-17(20)13-3-7-14(18)8-4-13/h3-10H,2,11H2,1H3. The molecule has 0 atom stereocenters. The van der Waals surface area contributed by atoms with Crippen molar-refractivity contribution in [1.82, 2.24) is 0 Å². The predicted molar refractivity (Wildman–Crippen MR) is 85.0 cm³/mol. The third-order valence-corrected chi connectivity index (χ3v) is 3.56. The molecule has 2 aromatic carbocycles. The SMILES string of the molecule is CCC(=O)c1ccc(OCC(=O)c2ccc(Br)cc2)cc1. The summed E-state index contributed by atoms with van der Waals surface area (Å²) in [6.07, 6.45) is 0.474. The van der Waals surface area contributed by atoms with Gasteiger partial charge in [0.1, 0.15) is 5.75 Å². The molecule has 0 bridgehead atoms. The van der Waals surface area contributed by atoms with Crippen LogP contribution in [0.3, 0.4) is 0 Å². The lowest BCUT2D eigenvalue weighted by atomic mass is 10.1. The molecule has 0 unspecified atom stereocenters. The van der Waals surface area contributed by atoms with Crippen LogP contribution in [-0.4, -0.2) is 18.2 Å². The molecule has 0 N–H and O–H groups in total. The number of hydrogen-bond donors (Lipinski definition) is 0. The average Bonchev–Trinajstić information content (AvgIpc) is 2.53. The van der Waals surface area contributed by atoms with Gasteiger partial charge in [0.25, 0.3) is 0 Å². The first kappa shape index (κ1) is 15.4. The van der Waals surface area contributed by atoms with E-state index in [2.05, 4.69) is 15.9 Å². The lowest BCUT2D eigenvalue weighted by molar-refractivity contribution is 0.0920. The maximum atomic E-state index is 12.0. The minimum Gasteiger partial charge on any atom is -0.485 e. The maximum absolute atomic E-state index is 12.0. The van der Waals surface area contributed by atoms with Crippen molar-refractivity contribution in [3.63, 3.8) is 0 Å². The van der Waals surface area contributed by atoms with Crippen molar-refractivity contribution in [2.75, 3.05) is 6.61 Å². The molecule has 4 heteroatoms. The number of carbonyl (C=O) groups is 2. The van der Waals surface area contributed by atoms with Gasteiger partial charge in [-0.3, -0.25) is 9.59 Å². The highest BCUT2D eigenvalue weighted by molar-refractivity contribution is 9.10. The minimum atomic E-state index is -0.0868. The molecule has 0 spiro atoms. The number of carbonyl (C=O) groups excluding carboxylic acids is 2. The van der Waals surface area contributed by atoms with Gasteiger partial charge in [0.05, 0.1) is 0 Å². The smallest absolute Gasteiger partial charge is 0.200 e. The van der Waals surface area contributed by atoms with Crippen LogP contribution >= 0.6 is 15.9 Å². The van der Waals surface area contributed by atoms with E-state index in [0.717, 1.165) is 4.47 Å². The highest BCUT2D eigenvalue weighted by Gasteiger charge is 2.07. The molecule has 21 heavy (non-hydrogen) atoms. The number of halogens is 1. The highest BCUT2D eigenvalue weighted by atomic mass is 79.9. The normalized spacial score (nSPS) is 10.2. The summed E-state index contributed by atoms with van der Waals surface area (Å²) >= 11 is 3.32. The second-order valence-corrected chi connectivity index (χ2v) is 5.44. The number of rotatable bonds is 6. The van der Waals surface area contributed by atoms with Crippen LogP contribution in [0.4, 0.5) is 0 Å². The first-order valence-electron chi connectivity index (χ1n) is 6.65. The zero-order valence-corrected chi connectivity index (χ0v) is 13.2. The van der Waals surface area contributed by atoms with Gasteiger partial charge >= 0.3 is 0 Å². The van der Waals surface area contributed by atoms with Crippen molar-refractivity contribution in [1.29, 1.82) is 0 Å². The van der Waals surface area contributed by atoms with Crippen LogP contribution in [0.5, 0.6) is 5.75 Å². The number of hydrogen-bond acceptors (Lipinski definition) is 3. The van der Waals surface area contributed by atoms with Crippen molar-refractivity contribution in [3.8, 4) is 5.75 Å². The Bertz CT molecular complexity index is 630. The van der Waals surface area contributed by atoms with Gasteiger partial charge in [-0.05, 0) is 36.4 Å². The average molecular weight is 347 g/mol. The quantitative estimate of drug-likeness (QED) is 0.732. The Kier molecular flexibility index (Phi) is 5.28. The van der Waals surface area contributed by atoms with E-state index in [1.165, 1.54) is 0 Å². The molecule has 0 aliphatic rings. The van der Waals surface area contributed by atoms with Gasteiger partial charge in [-0.25, -0.2) is 0 Å². The Morgan fingerprint density at radius 3 is 2.00 bits per heavy atom. The summed E-state index contributed by atoms with van der Waals surface area (Å²) < 4.78 is 6.38. The first-order chi connectivity index (χ1) is 10.1. The van der Waals surface area contributed by atoms with Gasteiger partial charge in [-0.15, -0.1) is 0 Å². The molecule has 108 valence electrons. The maximum Gasteiger partial charge on any atom is 0.200 e. The molecule has 0 saturated carbocycles. The number of ether oxygens (including phenoxy) is 1. The van der Waals surface area contributed by atoms with E-state index in [1.807, 2.05) is 19.1 Å². The van der Waals surface area contributed by atoms with Crippen molar-refractivity contribution in [3.05, 3.63) is 64.1 Å². The summed E-state index contributed by atoms with van der Waals surface area (Å²) in [6.45, 7) is 1.80. The van der Waals surface area contributed by atoms with Crippen LogP contribution in [0.15, 0.2) is 53.0 Å².